The minimum Gasteiger partial charge on any atom is -0.374 e. The molecule has 3 aromatic rings. The highest BCUT2D eigenvalue weighted by atomic mass is 14.9. The minimum atomic E-state index is 0.150. The van der Waals surface area contributed by atoms with Crippen LogP contribution in [-0.4, -0.2) is 0 Å². The monoisotopic (exact) mass is 301 g/mol. The summed E-state index contributed by atoms with van der Waals surface area (Å²) in [5.41, 5.74) is 5.08. The van der Waals surface area contributed by atoms with Crippen molar-refractivity contribution in [3.8, 4) is 0 Å². The van der Waals surface area contributed by atoms with Gasteiger partial charge in [0, 0.05) is 5.69 Å². The Balaban J connectivity index is 2.00. The zero-order valence-electron chi connectivity index (χ0n) is 13.7. The van der Waals surface area contributed by atoms with Gasteiger partial charge in [-0.25, -0.2) is 0 Å². The van der Waals surface area contributed by atoms with Crippen LogP contribution in [0.25, 0.3) is 0 Å². The second-order valence-corrected chi connectivity index (χ2v) is 6.18. The number of para-hydroxylation sites is 1. The van der Waals surface area contributed by atoms with E-state index in [1.165, 1.54) is 16.7 Å². The van der Waals surface area contributed by atoms with Gasteiger partial charge >= 0.3 is 0 Å². The molecule has 23 heavy (non-hydrogen) atoms. The number of hydrogen-bond donors (Lipinski definition) is 1. The third-order valence-electron chi connectivity index (χ3n) is 4.13. The molecule has 116 valence electrons. The fourth-order valence-electron chi connectivity index (χ4n) is 2.80. The van der Waals surface area contributed by atoms with E-state index < -0.39 is 0 Å². The largest absolute Gasteiger partial charge is 0.374 e. The molecule has 0 spiro atoms. The van der Waals surface area contributed by atoms with Crippen LogP contribution in [0.2, 0.25) is 0 Å². The summed E-state index contributed by atoms with van der Waals surface area (Å²) in [5.74, 6) is 0.531. The topological polar surface area (TPSA) is 12.0 Å². The predicted molar refractivity (Wildman–Crippen MR) is 98.9 cm³/mol. The van der Waals surface area contributed by atoms with Gasteiger partial charge in [-0.2, -0.15) is 0 Å². The van der Waals surface area contributed by atoms with E-state index >= 15 is 0 Å². The molecule has 3 aromatic carbocycles. The average molecular weight is 301 g/mol. The molecule has 0 aliphatic rings. The highest BCUT2D eigenvalue weighted by Crippen LogP contribution is 2.28. The maximum atomic E-state index is 3.68. The van der Waals surface area contributed by atoms with Crippen molar-refractivity contribution in [2.45, 2.75) is 25.8 Å². The van der Waals surface area contributed by atoms with Crippen molar-refractivity contribution in [3.63, 3.8) is 0 Å². The summed E-state index contributed by atoms with van der Waals surface area (Å²) in [4.78, 5) is 0. The maximum absolute atomic E-state index is 3.68. The molecule has 0 aliphatic carbocycles. The van der Waals surface area contributed by atoms with Crippen molar-refractivity contribution < 1.29 is 0 Å². The van der Waals surface area contributed by atoms with Crippen LogP contribution in [0.1, 0.15) is 42.5 Å². The first-order valence-electron chi connectivity index (χ1n) is 8.20. The fraction of sp³-hybridized carbons (Fsp3) is 0.182. The smallest absolute Gasteiger partial charge is 0.0767 e. The van der Waals surface area contributed by atoms with E-state index in [9.17, 15) is 0 Å². The lowest BCUT2D eigenvalue weighted by Gasteiger charge is -2.22. The van der Waals surface area contributed by atoms with E-state index in [1.54, 1.807) is 0 Å². The summed E-state index contributed by atoms with van der Waals surface area (Å²) in [5, 5.41) is 3.68. The third kappa shape index (κ3) is 3.81. The van der Waals surface area contributed by atoms with Gasteiger partial charge in [0.15, 0.2) is 0 Å². The van der Waals surface area contributed by atoms with Crippen LogP contribution in [0.4, 0.5) is 5.69 Å². The third-order valence-corrected chi connectivity index (χ3v) is 4.13. The van der Waals surface area contributed by atoms with Crippen molar-refractivity contribution in [1.29, 1.82) is 0 Å². The van der Waals surface area contributed by atoms with Crippen LogP contribution in [0.5, 0.6) is 0 Å². The van der Waals surface area contributed by atoms with Gasteiger partial charge in [0.1, 0.15) is 0 Å². The molecule has 0 aromatic heterocycles. The van der Waals surface area contributed by atoms with Crippen LogP contribution in [0.15, 0.2) is 84.9 Å². The first kappa shape index (κ1) is 15.4. The van der Waals surface area contributed by atoms with Crippen molar-refractivity contribution >= 4 is 5.69 Å². The predicted octanol–water partition coefficient (Wildman–Crippen LogP) is 6.01. The van der Waals surface area contributed by atoms with Crippen LogP contribution >= 0.6 is 0 Å². The zero-order valence-corrected chi connectivity index (χ0v) is 13.7. The summed E-state index contributed by atoms with van der Waals surface area (Å²) in [6.07, 6.45) is 0. The summed E-state index contributed by atoms with van der Waals surface area (Å²) >= 11 is 0. The van der Waals surface area contributed by atoms with E-state index in [0.717, 1.165) is 5.69 Å². The molecule has 0 fully saturated rings. The molecule has 1 unspecified atom stereocenters. The van der Waals surface area contributed by atoms with Crippen molar-refractivity contribution in [1.82, 2.24) is 0 Å². The summed E-state index contributed by atoms with van der Waals surface area (Å²) in [6.45, 7) is 4.47. The summed E-state index contributed by atoms with van der Waals surface area (Å²) in [7, 11) is 0. The van der Waals surface area contributed by atoms with Crippen molar-refractivity contribution in [2.75, 3.05) is 5.32 Å². The number of nitrogens with one attached hydrogen (secondary N) is 1. The molecule has 0 heterocycles. The second-order valence-electron chi connectivity index (χ2n) is 6.18. The molecule has 1 nitrogen and oxygen atoms in total. The molecule has 1 heteroatoms. The SMILES string of the molecule is CC(C)c1cccc(C(Nc2ccccc2)c2ccccc2)c1. The molecule has 0 aliphatic heterocycles. The lowest BCUT2D eigenvalue weighted by molar-refractivity contribution is 0.854. The molecule has 1 N–H and O–H groups in total. The van der Waals surface area contributed by atoms with Crippen LogP contribution in [0, 0.1) is 0 Å². The zero-order chi connectivity index (χ0) is 16.1. The van der Waals surface area contributed by atoms with Gasteiger partial charge in [-0.05, 0) is 34.7 Å². The molecule has 1 atom stereocenters. The van der Waals surface area contributed by atoms with Crippen LogP contribution < -0.4 is 5.32 Å². The Morgan fingerprint density at radius 1 is 0.609 bits per heavy atom. The van der Waals surface area contributed by atoms with Crippen LogP contribution in [-0.2, 0) is 0 Å². The summed E-state index contributed by atoms with van der Waals surface area (Å²) in [6, 6.07) is 30.1. The number of benzene rings is 3. The van der Waals surface area contributed by atoms with E-state index in [-0.39, 0.29) is 6.04 Å². The van der Waals surface area contributed by atoms with Crippen molar-refractivity contribution in [3.05, 3.63) is 102 Å². The molecular weight excluding hydrogens is 278 g/mol. The Hall–Kier alpha value is -2.54. The van der Waals surface area contributed by atoms with Gasteiger partial charge in [-0.3, -0.25) is 0 Å². The second kappa shape index (κ2) is 7.15. The molecule has 0 radical (unpaired) electrons. The van der Waals surface area contributed by atoms with E-state index in [2.05, 4.69) is 98.0 Å². The van der Waals surface area contributed by atoms with Crippen molar-refractivity contribution in [2.24, 2.45) is 0 Å². The van der Waals surface area contributed by atoms with Gasteiger partial charge in [0.05, 0.1) is 6.04 Å². The van der Waals surface area contributed by atoms with Gasteiger partial charge < -0.3 is 5.32 Å². The lowest BCUT2D eigenvalue weighted by Crippen LogP contribution is -2.12. The molecule has 0 amide bonds. The highest BCUT2D eigenvalue weighted by molar-refractivity contribution is 5.49. The van der Waals surface area contributed by atoms with Gasteiger partial charge in [0.2, 0.25) is 0 Å². The Kier molecular flexibility index (Phi) is 4.77. The number of anilines is 1. The normalized spacial score (nSPS) is 12.1. The van der Waals surface area contributed by atoms with E-state index in [0.29, 0.717) is 5.92 Å². The Labute approximate surface area is 139 Å². The van der Waals surface area contributed by atoms with Gasteiger partial charge in [0.25, 0.3) is 0 Å². The Bertz CT molecular complexity index is 732. The molecule has 0 bridgehead atoms. The molecule has 0 saturated carbocycles. The average Bonchev–Trinajstić information content (AvgIpc) is 2.61. The van der Waals surface area contributed by atoms with Gasteiger partial charge in [-0.15, -0.1) is 0 Å². The Morgan fingerprint density at radius 2 is 1.17 bits per heavy atom. The minimum absolute atomic E-state index is 0.150. The quantitative estimate of drug-likeness (QED) is 0.608. The Morgan fingerprint density at radius 3 is 1.83 bits per heavy atom. The van der Waals surface area contributed by atoms with Gasteiger partial charge in [-0.1, -0.05) is 86.6 Å². The first-order valence-corrected chi connectivity index (χ1v) is 8.20. The molecule has 3 rings (SSSR count). The molecular formula is C22H23N. The maximum Gasteiger partial charge on any atom is 0.0767 e. The standard InChI is InChI=1S/C22H23N/c1-17(2)19-12-9-13-20(16-19)22(18-10-5-3-6-11-18)23-21-14-7-4-8-15-21/h3-17,22-23H,1-2H3. The summed E-state index contributed by atoms with van der Waals surface area (Å²) < 4.78 is 0. The number of hydrogen-bond acceptors (Lipinski definition) is 1. The first-order chi connectivity index (χ1) is 11.2. The lowest BCUT2D eigenvalue weighted by atomic mass is 9.94. The number of rotatable bonds is 5. The van der Waals surface area contributed by atoms with Crippen LogP contribution in [0.3, 0.4) is 0 Å². The van der Waals surface area contributed by atoms with E-state index in [1.807, 2.05) is 6.07 Å². The van der Waals surface area contributed by atoms with E-state index in [4.69, 9.17) is 0 Å². The highest BCUT2D eigenvalue weighted by Gasteiger charge is 2.14. The fourth-order valence-corrected chi connectivity index (χ4v) is 2.80. The molecule has 0 saturated heterocycles.